The Morgan fingerprint density at radius 1 is 1.04 bits per heavy atom. The van der Waals surface area contributed by atoms with Gasteiger partial charge in [-0.2, -0.15) is 0 Å². The number of carbonyl (C=O) groups excluding carboxylic acids is 1. The number of ketones is 1. The third-order valence-corrected chi connectivity index (χ3v) is 3.72. The van der Waals surface area contributed by atoms with Gasteiger partial charge in [0.2, 0.25) is 0 Å². The van der Waals surface area contributed by atoms with Crippen LogP contribution in [0, 0.1) is 16.7 Å². The van der Waals surface area contributed by atoms with Crippen molar-refractivity contribution >= 4 is 5.78 Å². The number of allylic oxidation sites excluding steroid dienone is 1. The van der Waals surface area contributed by atoms with Crippen molar-refractivity contribution in [2.24, 2.45) is 16.7 Å². The first kappa shape index (κ1) is 27.2. The molecule has 0 bridgehead atoms. The molecule has 23 heavy (non-hydrogen) atoms. The quantitative estimate of drug-likeness (QED) is 0.591. The molecular weight excluding hydrogens is 284 g/mol. The minimum atomic E-state index is -0.147. The molecule has 2 nitrogen and oxygen atoms in total. The average Bonchev–Trinajstić information content (AvgIpc) is 2.24. The summed E-state index contributed by atoms with van der Waals surface area (Å²) >= 11 is 0. The van der Waals surface area contributed by atoms with Gasteiger partial charge in [-0.25, -0.2) is 0 Å². The SMILES string of the molecule is C=C(C)C.CC(C)=O.CCC(C)(C)C(C)CC(O)CC(C)(C)C. The van der Waals surface area contributed by atoms with Gasteiger partial charge < -0.3 is 9.90 Å². The van der Waals surface area contributed by atoms with Crippen LogP contribution in [0.2, 0.25) is 0 Å². The molecule has 0 rings (SSSR count). The van der Waals surface area contributed by atoms with E-state index in [9.17, 15) is 9.90 Å². The Bertz CT molecular complexity index is 301. The van der Waals surface area contributed by atoms with Crippen molar-refractivity contribution in [2.75, 3.05) is 0 Å². The third kappa shape index (κ3) is 26.6. The lowest BCUT2D eigenvalue weighted by Gasteiger charge is -2.33. The molecule has 0 fully saturated rings. The summed E-state index contributed by atoms with van der Waals surface area (Å²) in [4.78, 5) is 9.44. The fourth-order valence-corrected chi connectivity index (χ4v) is 1.87. The second kappa shape index (κ2) is 12.8. The van der Waals surface area contributed by atoms with Crippen molar-refractivity contribution in [3.05, 3.63) is 12.2 Å². The molecule has 0 aromatic carbocycles. The molecule has 0 saturated heterocycles. The van der Waals surface area contributed by atoms with Crippen LogP contribution in [0.3, 0.4) is 0 Å². The van der Waals surface area contributed by atoms with Gasteiger partial charge in [-0.05, 0) is 57.3 Å². The van der Waals surface area contributed by atoms with E-state index in [1.54, 1.807) is 0 Å². The Morgan fingerprint density at radius 3 is 1.57 bits per heavy atom. The highest BCUT2D eigenvalue weighted by Gasteiger charge is 2.27. The molecule has 2 heteroatoms. The number of hydrogen-bond acceptors (Lipinski definition) is 2. The summed E-state index contributed by atoms with van der Waals surface area (Å²) < 4.78 is 0. The van der Waals surface area contributed by atoms with E-state index in [1.165, 1.54) is 25.8 Å². The number of carbonyl (C=O) groups is 1. The molecule has 2 unspecified atom stereocenters. The summed E-state index contributed by atoms with van der Waals surface area (Å²) in [6.07, 6.45) is 2.86. The van der Waals surface area contributed by atoms with Crippen LogP contribution >= 0.6 is 0 Å². The Labute approximate surface area is 146 Å². The molecule has 2 atom stereocenters. The molecule has 0 aromatic rings. The molecule has 0 aliphatic rings. The number of aliphatic hydroxyl groups is 1. The van der Waals surface area contributed by atoms with Crippen molar-refractivity contribution in [3.63, 3.8) is 0 Å². The lowest BCUT2D eigenvalue weighted by Crippen LogP contribution is -2.27. The molecule has 0 aromatic heterocycles. The van der Waals surface area contributed by atoms with Gasteiger partial charge in [-0.3, -0.25) is 0 Å². The van der Waals surface area contributed by atoms with E-state index in [0.717, 1.165) is 12.8 Å². The Morgan fingerprint density at radius 2 is 1.35 bits per heavy atom. The zero-order valence-electron chi connectivity index (χ0n) is 17.8. The first-order valence-electron chi connectivity index (χ1n) is 8.82. The molecule has 0 heterocycles. The second-order valence-corrected chi connectivity index (χ2v) is 9.01. The minimum Gasteiger partial charge on any atom is -0.393 e. The highest BCUT2D eigenvalue weighted by molar-refractivity contribution is 5.72. The summed E-state index contributed by atoms with van der Waals surface area (Å²) in [5.74, 6) is 0.750. The van der Waals surface area contributed by atoms with Crippen LogP contribution < -0.4 is 0 Å². The van der Waals surface area contributed by atoms with Gasteiger partial charge in [-0.15, -0.1) is 6.58 Å². The summed E-state index contributed by atoms with van der Waals surface area (Å²) in [7, 11) is 0. The van der Waals surface area contributed by atoms with Crippen LogP contribution in [0.25, 0.3) is 0 Å². The van der Waals surface area contributed by atoms with Gasteiger partial charge in [0.05, 0.1) is 6.10 Å². The summed E-state index contributed by atoms with van der Waals surface area (Å²) in [6.45, 7) is 26.2. The Kier molecular flexibility index (Phi) is 15.1. The highest BCUT2D eigenvalue weighted by atomic mass is 16.3. The molecule has 1 N–H and O–H groups in total. The van der Waals surface area contributed by atoms with E-state index in [4.69, 9.17) is 0 Å². The van der Waals surface area contributed by atoms with E-state index >= 15 is 0 Å². The first-order valence-corrected chi connectivity index (χ1v) is 8.82. The monoisotopic (exact) mass is 328 g/mol. The predicted octanol–water partition coefficient (Wildman–Crippen LogP) is 6.42. The van der Waals surface area contributed by atoms with Crippen molar-refractivity contribution in [1.29, 1.82) is 0 Å². The van der Waals surface area contributed by atoms with Crippen molar-refractivity contribution in [3.8, 4) is 0 Å². The molecule has 0 aliphatic carbocycles. The number of Topliss-reactive ketones (excluding diaryl/α,β-unsaturated/α-hetero) is 1. The molecule has 0 aliphatic heterocycles. The molecule has 0 radical (unpaired) electrons. The largest absolute Gasteiger partial charge is 0.393 e. The highest BCUT2D eigenvalue weighted by Crippen LogP contribution is 2.35. The van der Waals surface area contributed by atoms with Crippen LogP contribution in [0.5, 0.6) is 0 Å². The second-order valence-electron chi connectivity index (χ2n) is 9.01. The van der Waals surface area contributed by atoms with Gasteiger partial charge in [0.25, 0.3) is 0 Å². The van der Waals surface area contributed by atoms with Crippen LogP contribution in [-0.2, 0) is 4.79 Å². The molecular formula is C21H44O2. The van der Waals surface area contributed by atoms with E-state index in [2.05, 4.69) is 55.0 Å². The van der Waals surface area contributed by atoms with E-state index in [1.807, 2.05) is 13.8 Å². The fourth-order valence-electron chi connectivity index (χ4n) is 1.87. The van der Waals surface area contributed by atoms with Crippen LogP contribution in [0.15, 0.2) is 12.2 Å². The lowest BCUT2D eigenvalue weighted by molar-refractivity contribution is -0.114. The van der Waals surface area contributed by atoms with Gasteiger partial charge in [-0.1, -0.05) is 60.5 Å². The normalized spacial score (nSPS) is 13.7. The first-order chi connectivity index (χ1) is 10.0. The lowest BCUT2D eigenvalue weighted by atomic mass is 9.74. The number of aliphatic hydroxyl groups excluding tert-OH is 1. The van der Waals surface area contributed by atoms with Gasteiger partial charge in [0, 0.05) is 0 Å². The van der Waals surface area contributed by atoms with Crippen molar-refractivity contribution < 1.29 is 9.90 Å². The minimum absolute atomic E-state index is 0.147. The predicted molar refractivity (Wildman–Crippen MR) is 105 cm³/mol. The number of hydrogen-bond donors (Lipinski definition) is 1. The number of rotatable bonds is 5. The zero-order chi connectivity index (χ0) is 19.4. The Balaban J connectivity index is -0.000000413. The fraction of sp³-hybridized carbons (Fsp3) is 0.857. The maximum Gasteiger partial charge on any atom is 0.126 e. The standard InChI is InChI=1S/C14H30O.C4H8.C3H6O/c1-8-14(6,7)11(2)9-12(15)10-13(3,4)5;1-4(2)3;1-3(2)4/h11-12,15H,8-10H2,1-7H3;1H2,2-3H3;1-2H3. The van der Waals surface area contributed by atoms with Crippen LogP contribution in [0.4, 0.5) is 0 Å². The van der Waals surface area contributed by atoms with Gasteiger partial charge in [0.1, 0.15) is 5.78 Å². The average molecular weight is 329 g/mol. The van der Waals surface area contributed by atoms with E-state index in [-0.39, 0.29) is 17.3 Å². The summed E-state index contributed by atoms with van der Waals surface area (Å²) in [5, 5.41) is 10.0. The molecule has 0 amide bonds. The smallest absolute Gasteiger partial charge is 0.126 e. The summed E-state index contributed by atoms with van der Waals surface area (Å²) in [5.41, 5.74) is 1.74. The topological polar surface area (TPSA) is 37.3 Å². The maximum absolute atomic E-state index is 10.0. The van der Waals surface area contributed by atoms with Crippen LogP contribution in [-0.4, -0.2) is 17.0 Å². The van der Waals surface area contributed by atoms with Gasteiger partial charge >= 0.3 is 0 Å². The zero-order valence-corrected chi connectivity index (χ0v) is 17.8. The summed E-state index contributed by atoms with van der Waals surface area (Å²) in [6, 6.07) is 0. The van der Waals surface area contributed by atoms with E-state index < -0.39 is 0 Å². The Hall–Kier alpha value is -0.630. The van der Waals surface area contributed by atoms with Crippen LogP contribution in [0.1, 0.15) is 95.4 Å². The van der Waals surface area contributed by atoms with Crippen molar-refractivity contribution in [1.82, 2.24) is 0 Å². The molecule has 0 spiro atoms. The van der Waals surface area contributed by atoms with Gasteiger partial charge in [0.15, 0.2) is 0 Å². The maximum atomic E-state index is 10.0. The van der Waals surface area contributed by atoms with Crippen molar-refractivity contribution in [2.45, 2.75) is 102 Å². The molecule has 0 saturated carbocycles. The van der Waals surface area contributed by atoms with E-state index in [0.29, 0.717) is 11.3 Å². The molecule has 140 valence electrons. The third-order valence-electron chi connectivity index (χ3n) is 3.72.